The lowest BCUT2D eigenvalue weighted by Crippen LogP contribution is -1.88. The lowest BCUT2D eigenvalue weighted by molar-refractivity contribution is 0.394. The van der Waals surface area contributed by atoms with E-state index in [-0.39, 0.29) is 0 Å². The molecule has 0 atom stereocenters. The Morgan fingerprint density at radius 3 is 2.05 bits per heavy atom. The van der Waals surface area contributed by atoms with Gasteiger partial charge < -0.3 is 15.2 Å². The zero-order chi connectivity index (χ0) is 13.7. The van der Waals surface area contributed by atoms with Crippen molar-refractivity contribution in [3.05, 3.63) is 53.6 Å². The first-order valence-corrected chi connectivity index (χ1v) is 5.98. The fourth-order valence-corrected chi connectivity index (χ4v) is 1.78. The molecule has 19 heavy (non-hydrogen) atoms. The quantitative estimate of drug-likeness (QED) is 0.672. The van der Waals surface area contributed by atoms with Gasteiger partial charge in [0.1, 0.15) is 11.5 Å². The Morgan fingerprint density at radius 2 is 1.47 bits per heavy atom. The van der Waals surface area contributed by atoms with Crippen molar-refractivity contribution >= 4 is 17.8 Å². The molecule has 0 bridgehead atoms. The topological polar surface area (TPSA) is 44.5 Å². The smallest absolute Gasteiger partial charge is 0.123 e. The molecule has 0 saturated heterocycles. The van der Waals surface area contributed by atoms with Crippen LogP contribution in [0.4, 0.5) is 5.69 Å². The van der Waals surface area contributed by atoms with E-state index in [1.54, 1.807) is 14.2 Å². The van der Waals surface area contributed by atoms with E-state index in [2.05, 4.69) is 0 Å². The lowest BCUT2D eigenvalue weighted by atomic mass is 10.1. The summed E-state index contributed by atoms with van der Waals surface area (Å²) in [7, 11) is 3.28. The van der Waals surface area contributed by atoms with E-state index in [1.807, 2.05) is 54.6 Å². The molecule has 0 aromatic heterocycles. The first-order valence-electron chi connectivity index (χ1n) is 5.98. The van der Waals surface area contributed by atoms with Gasteiger partial charge in [-0.1, -0.05) is 24.3 Å². The SMILES string of the molecule is COc1cc(/C=C/c2cccc(N)c2)cc(OC)c1. The molecule has 0 fully saturated rings. The van der Waals surface area contributed by atoms with Gasteiger partial charge in [-0.25, -0.2) is 0 Å². The molecule has 2 N–H and O–H groups in total. The highest BCUT2D eigenvalue weighted by Gasteiger charge is 1.99. The van der Waals surface area contributed by atoms with Crippen LogP contribution in [-0.2, 0) is 0 Å². The van der Waals surface area contributed by atoms with Gasteiger partial charge in [-0.05, 0) is 35.4 Å². The Labute approximate surface area is 113 Å². The van der Waals surface area contributed by atoms with Crippen LogP contribution in [0.25, 0.3) is 12.2 Å². The highest BCUT2D eigenvalue weighted by Crippen LogP contribution is 2.24. The zero-order valence-corrected chi connectivity index (χ0v) is 11.1. The summed E-state index contributed by atoms with van der Waals surface area (Å²) in [6.45, 7) is 0. The van der Waals surface area contributed by atoms with Crippen LogP contribution < -0.4 is 15.2 Å². The molecule has 0 aliphatic rings. The molecule has 3 nitrogen and oxygen atoms in total. The molecule has 98 valence electrons. The van der Waals surface area contributed by atoms with Crippen LogP contribution >= 0.6 is 0 Å². The minimum absolute atomic E-state index is 0.755. The fourth-order valence-electron chi connectivity index (χ4n) is 1.78. The minimum atomic E-state index is 0.755. The van der Waals surface area contributed by atoms with Gasteiger partial charge in [0, 0.05) is 11.8 Å². The predicted octanol–water partition coefficient (Wildman–Crippen LogP) is 3.46. The Kier molecular flexibility index (Phi) is 4.08. The molecule has 0 heterocycles. The molecule has 2 aromatic rings. The van der Waals surface area contributed by atoms with Gasteiger partial charge in [-0.3, -0.25) is 0 Å². The van der Waals surface area contributed by atoms with Gasteiger partial charge in [0.2, 0.25) is 0 Å². The van der Waals surface area contributed by atoms with E-state index in [1.165, 1.54) is 0 Å². The molecule has 0 aliphatic carbocycles. The van der Waals surface area contributed by atoms with Crippen LogP contribution in [0.2, 0.25) is 0 Å². The van der Waals surface area contributed by atoms with Crippen molar-refractivity contribution < 1.29 is 9.47 Å². The van der Waals surface area contributed by atoms with Crippen molar-refractivity contribution in [1.29, 1.82) is 0 Å². The number of hydrogen-bond donors (Lipinski definition) is 1. The van der Waals surface area contributed by atoms with Crippen molar-refractivity contribution in [1.82, 2.24) is 0 Å². The van der Waals surface area contributed by atoms with E-state index in [9.17, 15) is 0 Å². The van der Waals surface area contributed by atoms with Crippen molar-refractivity contribution in [2.45, 2.75) is 0 Å². The molecule has 0 saturated carbocycles. The van der Waals surface area contributed by atoms with Gasteiger partial charge in [-0.15, -0.1) is 0 Å². The number of rotatable bonds is 4. The molecule has 3 heteroatoms. The molecular formula is C16H17NO2. The summed E-state index contributed by atoms with van der Waals surface area (Å²) < 4.78 is 10.5. The molecule has 0 aliphatic heterocycles. The summed E-state index contributed by atoms with van der Waals surface area (Å²) in [6.07, 6.45) is 4.00. The third kappa shape index (κ3) is 3.52. The van der Waals surface area contributed by atoms with E-state index >= 15 is 0 Å². The zero-order valence-electron chi connectivity index (χ0n) is 11.1. The highest BCUT2D eigenvalue weighted by molar-refractivity contribution is 5.72. The standard InChI is InChI=1S/C16H17NO2/c1-18-15-9-13(10-16(11-15)19-2)7-6-12-4-3-5-14(17)8-12/h3-11H,17H2,1-2H3/b7-6+. The maximum Gasteiger partial charge on any atom is 0.123 e. The average molecular weight is 255 g/mol. The second-order valence-corrected chi connectivity index (χ2v) is 4.15. The number of ether oxygens (including phenoxy) is 2. The molecule has 2 aromatic carbocycles. The summed E-state index contributed by atoms with van der Waals surface area (Å²) in [5, 5.41) is 0. The summed E-state index contributed by atoms with van der Waals surface area (Å²) in [4.78, 5) is 0. The molecule has 0 unspecified atom stereocenters. The summed E-state index contributed by atoms with van der Waals surface area (Å²) in [6, 6.07) is 13.5. The largest absolute Gasteiger partial charge is 0.497 e. The average Bonchev–Trinajstić information content (AvgIpc) is 2.44. The van der Waals surface area contributed by atoms with Gasteiger partial charge >= 0.3 is 0 Å². The van der Waals surface area contributed by atoms with Crippen molar-refractivity contribution in [2.75, 3.05) is 20.0 Å². The van der Waals surface area contributed by atoms with Crippen molar-refractivity contribution in [3.63, 3.8) is 0 Å². The van der Waals surface area contributed by atoms with E-state index in [0.717, 1.165) is 28.3 Å². The highest BCUT2D eigenvalue weighted by atomic mass is 16.5. The van der Waals surface area contributed by atoms with Gasteiger partial charge in [0.05, 0.1) is 14.2 Å². The molecular weight excluding hydrogens is 238 g/mol. The summed E-state index contributed by atoms with van der Waals surface area (Å²) in [5.41, 5.74) is 8.57. The van der Waals surface area contributed by atoms with Gasteiger partial charge in [-0.2, -0.15) is 0 Å². The third-order valence-electron chi connectivity index (χ3n) is 2.75. The van der Waals surface area contributed by atoms with Crippen LogP contribution in [0.3, 0.4) is 0 Å². The number of nitrogens with two attached hydrogens (primary N) is 1. The minimum Gasteiger partial charge on any atom is -0.497 e. The first-order chi connectivity index (χ1) is 9.21. The maximum absolute atomic E-state index is 5.74. The van der Waals surface area contributed by atoms with E-state index in [0.29, 0.717) is 0 Å². The first kappa shape index (κ1) is 13.0. The van der Waals surface area contributed by atoms with Crippen molar-refractivity contribution in [3.8, 4) is 11.5 Å². The predicted molar refractivity (Wildman–Crippen MR) is 79.3 cm³/mol. The molecule has 0 amide bonds. The molecule has 0 spiro atoms. The number of methoxy groups -OCH3 is 2. The molecule has 2 rings (SSSR count). The van der Waals surface area contributed by atoms with Crippen molar-refractivity contribution in [2.24, 2.45) is 0 Å². The van der Waals surface area contributed by atoms with Crippen LogP contribution in [0.15, 0.2) is 42.5 Å². The van der Waals surface area contributed by atoms with Crippen LogP contribution in [-0.4, -0.2) is 14.2 Å². The Balaban J connectivity index is 2.27. The lowest BCUT2D eigenvalue weighted by Gasteiger charge is -2.05. The number of nitrogen functional groups attached to an aromatic ring is 1. The Morgan fingerprint density at radius 1 is 0.842 bits per heavy atom. The summed E-state index contributed by atoms with van der Waals surface area (Å²) >= 11 is 0. The van der Waals surface area contributed by atoms with Crippen LogP contribution in [0, 0.1) is 0 Å². The summed E-state index contributed by atoms with van der Waals surface area (Å²) in [5.74, 6) is 1.54. The Bertz CT molecular complexity index is 569. The second-order valence-electron chi connectivity index (χ2n) is 4.15. The number of hydrogen-bond acceptors (Lipinski definition) is 3. The van der Waals surface area contributed by atoms with Crippen LogP contribution in [0.5, 0.6) is 11.5 Å². The second kappa shape index (κ2) is 5.96. The van der Waals surface area contributed by atoms with Crippen LogP contribution in [0.1, 0.15) is 11.1 Å². The van der Waals surface area contributed by atoms with Gasteiger partial charge in [0.15, 0.2) is 0 Å². The van der Waals surface area contributed by atoms with Gasteiger partial charge in [0.25, 0.3) is 0 Å². The van der Waals surface area contributed by atoms with E-state index < -0.39 is 0 Å². The monoisotopic (exact) mass is 255 g/mol. The van der Waals surface area contributed by atoms with E-state index in [4.69, 9.17) is 15.2 Å². The third-order valence-corrected chi connectivity index (χ3v) is 2.75. The number of benzene rings is 2. The maximum atomic E-state index is 5.74. The Hall–Kier alpha value is -2.42. The molecule has 0 radical (unpaired) electrons. The fraction of sp³-hybridized carbons (Fsp3) is 0.125. The number of anilines is 1. The normalized spacial score (nSPS) is 10.6.